The second-order valence-electron chi connectivity index (χ2n) is 4.88. The highest BCUT2D eigenvalue weighted by Gasteiger charge is 2.45. The first-order valence-electron chi connectivity index (χ1n) is 6.77. The zero-order valence-electron chi connectivity index (χ0n) is 11.6. The van der Waals surface area contributed by atoms with Crippen LogP contribution in [0.2, 0.25) is 0 Å². The molecule has 1 unspecified atom stereocenters. The maximum Gasteiger partial charge on any atom is 0.333 e. The third-order valence-corrected chi connectivity index (χ3v) is 3.29. The molecule has 2 rings (SSSR count). The highest BCUT2D eigenvalue weighted by molar-refractivity contribution is 5.87. The van der Waals surface area contributed by atoms with Gasteiger partial charge in [-0.15, -0.1) is 0 Å². The summed E-state index contributed by atoms with van der Waals surface area (Å²) in [4.78, 5) is 11.7. The van der Waals surface area contributed by atoms with Crippen molar-refractivity contribution in [1.29, 1.82) is 0 Å². The third-order valence-electron chi connectivity index (χ3n) is 3.29. The molecule has 1 aliphatic heterocycles. The molecule has 1 fully saturated rings. The van der Waals surface area contributed by atoms with E-state index in [4.69, 9.17) is 14.6 Å². The van der Waals surface area contributed by atoms with Gasteiger partial charge in [-0.25, -0.2) is 4.79 Å². The van der Waals surface area contributed by atoms with Crippen molar-refractivity contribution in [3.05, 3.63) is 42.0 Å². The average Bonchev–Trinajstić information content (AvgIpc) is 2.54. The monoisotopic (exact) mass is 310 g/mol. The van der Waals surface area contributed by atoms with Crippen molar-refractivity contribution in [2.45, 2.75) is 30.7 Å². The smallest absolute Gasteiger partial charge is 0.333 e. The van der Waals surface area contributed by atoms with Crippen molar-refractivity contribution in [2.75, 3.05) is 6.61 Å². The molecule has 5 atom stereocenters. The molecule has 7 nitrogen and oxygen atoms in total. The first-order valence-corrected chi connectivity index (χ1v) is 6.77. The van der Waals surface area contributed by atoms with E-state index in [-0.39, 0.29) is 0 Å². The molecule has 1 aromatic carbocycles. The van der Waals surface area contributed by atoms with E-state index in [0.29, 0.717) is 0 Å². The van der Waals surface area contributed by atoms with Gasteiger partial charge in [0.05, 0.1) is 6.61 Å². The maximum absolute atomic E-state index is 11.7. The molecule has 0 spiro atoms. The average molecular weight is 310 g/mol. The fourth-order valence-corrected chi connectivity index (χ4v) is 2.05. The summed E-state index contributed by atoms with van der Waals surface area (Å²) in [7, 11) is 0. The predicted octanol–water partition coefficient (Wildman–Crippen LogP) is -0.957. The lowest BCUT2D eigenvalue weighted by Crippen LogP contribution is -2.59. The van der Waals surface area contributed by atoms with E-state index in [2.05, 4.69) is 0 Å². The molecule has 1 saturated heterocycles. The van der Waals surface area contributed by atoms with Gasteiger partial charge in [0.15, 0.2) is 0 Å². The number of carbonyl (C=O) groups excluding carboxylic acids is 1. The molecule has 120 valence electrons. The predicted molar refractivity (Wildman–Crippen MR) is 75.3 cm³/mol. The summed E-state index contributed by atoms with van der Waals surface area (Å²) in [5.74, 6) is -0.784. The van der Waals surface area contributed by atoms with Crippen LogP contribution in [0.5, 0.6) is 0 Å². The van der Waals surface area contributed by atoms with Crippen LogP contribution in [0.25, 0.3) is 6.08 Å². The summed E-state index contributed by atoms with van der Waals surface area (Å²) < 4.78 is 9.96. The number of aliphatic hydroxyl groups is 4. The van der Waals surface area contributed by atoms with E-state index in [1.165, 1.54) is 6.08 Å². The Labute approximate surface area is 127 Å². The molecule has 0 radical (unpaired) electrons. The van der Waals surface area contributed by atoms with Gasteiger partial charge in [0, 0.05) is 6.08 Å². The number of aliphatic hydroxyl groups excluding tert-OH is 4. The molecule has 1 aromatic rings. The van der Waals surface area contributed by atoms with Crippen LogP contribution >= 0.6 is 0 Å². The normalized spacial score (nSPS) is 32.1. The van der Waals surface area contributed by atoms with Gasteiger partial charge in [0.25, 0.3) is 0 Å². The zero-order chi connectivity index (χ0) is 16.1. The molecule has 1 aliphatic rings. The molecular formula is C15H18O7. The number of esters is 1. The first-order chi connectivity index (χ1) is 10.5. The number of benzene rings is 1. The number of hydrogen-bond acceptors (Lipinski definition) is 7. The van der Waals surface area contributed by atoms with Gasteiger partial charge in [0.1, 0.15) is 24.4 Å². The minimum atomic E-state index is -1.60. The molecule has 0 aliphatic carbocycles. The Morgan fingerprint density at radius 3 is 2.45 bits per heavy atom. The minimum Gasteiger partial charge on any atom is -0.430 e. The summed E-state index contributed by atoms with van der Waals surface area (Å²) in [6, 6.07) is 9.03. The Balaban J connectivity index is 1.97. The number of ether oxygens (including phenoxy) is 2. The van der Waals surface area contributed by atoms with E-state index in [1.807, 2.05) is 18.2 Å². The van der Waals surface area contributed by atoms with Crippen molar-refractivity contribution in [3.8, 4) is 0 Å². The van der Waals surface area contributed by atoms with Gasteiger partial charge in [0.2, 0.25) is 6.29 Å². The summed E-state index contributed by atoms with van der Waals surface area (Å²) in [6.07, 6.45) is -4.59. The van der Waals surface area contributed by atoms with Gasteiger partial charge >= 0.3 is 5.97 Å². The summed E-state index contributed by atoms with van der Waals surface area (Å²) in [6.45, 7) is -0.584. The van der Waals surface area contributed by atoms with E-state index in [1.54, 1.807) is 12.1 Å². The lowest BCUT2D eigenvalue weighted by atomic mass is 9.99. The molecule has 0 aromatic heterocycles. The quantitative estimate of drug-likeness (QED) is 0.418. The molecule has 0 saturated carbocycles. The zero-order valence-corrected chi connectivity index (χ0v) is 11.6. The van der Waals surface area contributed by atoms with Gasteiger partial charge in [-0.2, -0.15) is 0 Å². The van der Waals surface area contributed by atoms with Gasteiger partial charge < -0.3 is 29.9 Å². The molecule has 0 bridgehead atoms. The van der Waals surface area contributed by atoms with Crippen LogP contribution in [0.3, 0.4) is 0 Å². The number of carbonyl (C=O) groups is 1. The Morgan fingerprint density at radius 1 is 1.14 bits per heavy atom. The van der Waals surface area contributed by atoms with Crippen molar-refractivity contribution < 1.29 is 34.7 Å². The maximum atomic E-state index is 11.7. The topological polar surface area (TPSA) is 116 Å². The van der Waals surface area contributed by atoms with Gasteiger partial charge in [-0.05, 0) is 11.6 Å². The third kappa shape index (κ3) is 3.90. The van der Waals surface area contributed by atoms with Crippen LogP contribution in [0.15, 0.2) is 36.4 Å². The molecule has 0 amide bonds. The van der Waals surface area contributed by atoms with E-state index < -0.39 is 43.3 Å². The first kappa shape index (κ1) is 16.6. The van der Waals surface area contributed by atoms with Crippen molar-refractivity contribution >= 4 is 12.0 Å². The summed E-state index contributed by atoms with van der Waals surface area (Å²) in [5, 5.41) is 38.0. The van der Waals surface area contributed by atoms with Crippen molar-refractivity contribution in [3.63, 3.8) is 0 Å². The largest absolute Gasteiger partial charge is 0.430 e. The van der Waals surface area contributed by atoms with Crippen LogP contribution in [0.1, 0.15) is 5.56 Å². The fourth-order valence-electron chi connectivity index (χ4n) is 2.05. The van der Waals surface area contributed by atoms with Crippen LogP contribution in [0.4, 0.5) is 0 Å². The molecule has 1 heterocycles. The fraction of sp³-hybridized carbons (Fsp3) is 0.400. The van der Waals surface area contributed by atoms with Gasteiger partial charge in [-0.3, -0.25) is 0 Å². The molecular weight excluding hydrogens is 292 g/mol. The molecule has 7 heteroatoms. The minimum absolute atomic E-state index is 0.584. The van der Waals surface area contributed by atoms with E-state index in [9.17, 15) is 20.1 Å². The van der Waals surface area contributed by atoms with Crippen LogP contribution in [-0.2, 0) is 14.3 Å². The lowest BCUT2D eigenvalue weighted by Gasteiger charge is -2.38. The Morgan fingerprint density at radius 2 is 1.82 bits per heavy atom. The van der Waals surface area contributed by atoms with E-state index >= 15 is 0 Å². The van der Waals surface area contributed by atoms with E-state index in [0.717, 1.165) is 11.6 Å². The highest BCUT2D eigenvalue weighted by atomic mass is 16.7. The SMILES string of the molecule is O=C(C=Cc1ccccc1)OC1O[C@H](CO)[C@@H](O)[C@H](O)[C@H]1O. The van der Waals surface area contributed by atoms with Crippen molar-refractivity contribution in [1.82, 2.24) is 0 Å². The van der Waals surface area contributed by atoms with Crippen LogP contribution in [0, 0.1) is 0 Å². The van der Waals surface area contributed by atoms with Crippen LogP contribution in [-0.4, -0.2) is 63.7 Å². The Bertz CT molecular complexity index is 514. The Kier molecular flexibility index (Phi) is 5.64. The molecule has 22 heavy (non-hydrogen) atoms. The summed E-state index contributed by atoms with van der Waals surface area (Å²) in [5.41, 5.74) is 0.785. The van der Waals surface area contributed by atoms with Crippen LogP contribution < -0.4 is 0 Å². The Hall–Kier alpha value is -1.77. The summed E-state index contributed by atoms with van der Waals surface area (Å²) >= 11 is 0. The standard InChI is InChI=1S/C15H18O7/c16-8-10-12(18)13(19)14(20)15(21-10)22-11(17)7-6-9-4-2-1-3-5-9/h1-7,10,12-16,18-20H,8H2/t10-,12-,13+,14-,15?/m1/s1. The highest BCUT2D eigenvalue weighted by Crippen LogP contribution is 2.22. The lowest BCUT2D eigenvalue weighted by molar-refractivity contribution is -0.291. The second kappa shape index (κ2) is 7.48. The number of hydrogen-bond donors (Lipinski definition) is 4. The van der Waals surface area contributed by atoms with Crippen molar-refractivity contribution in [2.24, 2.45) is 0 Å². The second-order valence-corrected chi connectivity index (χ2v) is 4.88. The van der Waals surface area contributed by atoms with Gasteiger partial charge in [-0.1, -0.05) is 30.3 Å². The molecule has 4 N–H and O–H groups in total. The number of rotatable bonds is 4.